The first-order valence-corrected chi connectivity index (χ1v) is 7.17. The van der Waals surface area contributed by atoms with E-state index in [1.165, 1.54) is 6.07 Å². The van der Waals surface area contributed by atoms with Gasteiger partial charge in [0.15, 0.2) is 11.6 Å². The van der Waals surface area contributed by atoms with E-state index in [1.54, 1.807) is 37.3 Å². The van der Waals surface area contributed by atoms with Crippen LogP contribution in [0.25, 0.3) is 0 Å². The molecule has 2 aromatic rings. The molecule has 2 aromatic carbocycles. The Labute approximate surface area is 127 Å². The van der Waals surface area contributed by atoms with Crippen molar-refractivity contribution in [2.24, 2.45) is 0 Å². The second-order valence-electron chi connectivity index (χ2n) is 4.01. The van der Waals surface area contributed by atoms with Crippen LogP contribution in [-0.2, 0) is 0 Å². The van der Waals surface area contributed by atoms with E-state index in [0.717, 1.165) is 4.47 Å². The molecule has 5 heteroatoms. The zero-order valence-electron chi connectivity index (χ0n) is 10.0. The monoisotopic (exact) mass is 388 g/mol. The molecular formula is C14H11Br2FO2. The number of halogens is 3. The summed E-state index contributed by atoms with van der Waals surface area (Å²) in [5.74, 6) is 0.0175. The fourth-order valence-electron chi connectivity index (χ4n) is 1.63. The number of para-hydroxylation sites is 1. The summed E-state index contributed by atoms with van der Waals surface area (Å²) in [6.45, 7) is 1.57. The van der Waals surface area contributed by atoms with Crippen molar-refractivity contribution in [3.05, 3.63) is 56.7 Å². The molecule has 1 atom stereocenters. The number of aliphatic hydroxyl groups is 1. The maximum atomic E-state index is 13.8. The lowest BCUT2D eigenvalue weighted by Gasteiger charge is -2.14. The third-order valence-corrected chi connectivity index (χ3v) is 3.67. The number of aliphatic hydroxyl groups excluding tert-OH is 1. The number of hydrogen-bond donors (Lipinski definition) is 1. The van der Waals surface area contributed by atoms with Crippen LogP contribution in [0.5, 0.6) is 11.5 Å². The van der Waals surface area contributed by atoms with Gasteiger partial charge in [0.2, 0.25) is 0 Å². The van der Waals surface area contributed by atoms with Gasteiger partial charge in [-0.3, -0.25) is 0 Å². The highest BCUT2D eigenvalue weighted by atomic mass is 79.9. The van der Waals surface area contributed by atoms with E-state index in [2.05, 4.69) is 31.9 Å². The van der Waals surface area contributed by atoms with E-state index in [9.17, 15) is 9.50 Å². The molecule has 0 unspecified atom stereocenters. The van der Waals surface area contributed by atoms with Crippen LogP contribution in [0.1, 0.15) is 18.6 Å². The average Bonchev–Trinajstić information content (AvgIpc) is 2.34. The topological polar surface area (TPSA) is 29.5 Å². The van der Waals surface area contributed by atoms with Crippen LogP contribution < -0.4 is 4.74 Å². The molecule has 2 nitrogen and oxygen atoms in total. The molecule has 2 rings (SSSR count). The summed E-state index contributed by atoms with van der Waals surface area (Å²) in [6, 6.07) is 9.79. The molecular weight excluding hydrogens is 379 g/mol. The minimum atomic E-state index is -0.806. The maximum Gasteiger partial charge on any atom is 0.168 e. The fourth-order valence-corrected chi connectivity index (χ4v) is 2.76. The molecule has 0 aliphatic heterocycles. The SMILES string of the molecule is C[C@@H](O)c1cccc(F)c1Oc1ccc(Br)cc1Br. The van der Waals surface area contributed by atoms with Gasteiger partial charge in [-0.1, -0.05) is 28.1 Å². The van der Waals surface area contributed by atoms with E-state index in [4.69, 9.17) is 4.74 Å². The third-order valence-electron chi connectivity index (χ3n) is 2.55. The zero-order valence-corrected chi connectivity index (χ0v) is 13.2. The predicted molar refractivity (Wildman–Crippen MR) is 78.9 cm³/mol. The standard InChI is InChI=1S/C14H11Br2FO2/c1-8(18)10-3-2-4-12(17)14(10)19-13-6-5-9(15)7-11(13)16/h2-8,18H,1H3/t8-/m1/s1. The summed E-state index contributed by atoms with van der Waals surface area (Å²) in [6.07, 6.45) is -0.806. The normalized spacial score (nSPS) is 12.3. The lowest BCUT2D eigenvalue weighted by molar-refractivity contribution is 0.194. The van der Waals surface area contributed by atoms with Crippen LogP contribution in [0.15, 0.2) is 45.3 Å². The highest BCUT2D eigenvalue weighted by molar-refractivity contribution is 9.11. The molecule has 0 bridgehead atoms. The van der Waals surface area contributed by atoms with Gasteiger partial charge in [-0.15, -0.1) is 0 Å². The maximum absolute atomic E-state index is 13.8. The van der Waals surface area contributed by atoms with E-state index >= 15 is 0 Å². The van der Waals surface area contributed by atoms with Crippen molar-refractivity contribution in [2.45, 2.75) is 13.0 Å². The number of ether oxygens (including phenoxy) is 1. The quantitative estimate of drug-likeness (QED) is 0.781. The van der Waals surface area contributed by atoms with E-state index < -0.39 is 11.9 Å². The minimum absolute atomic E-state index is 0.0422. The molecule has 0 saturated heterocycles. The molecule has 0 spiro atoms. The number of hydrogen-bond acceptors (Lipinski definition) is 2. The Bertz CT molecular complexity index is 600. The van der Waals surface area contributed by atoms with Gasteiger partial charge in [-0.25, -0.2) is 4.39 Å². The summed E-state index contributed by atoms with van der Waals surface area (Å²) < 4.78 is 21.0. The van der Waals surface area contributed by atoms with Gasteiger partial charge in [0, 0.05) is 10.0 Å². The van der Waals surface area contributed by atoms with Gasteiger partial charge < -0.3 is 9.84 Å². The summed E-state index contributed by atoms with van der Waals surface area (Å²) in [4.78, 5) is 0. The second kappa shape index (κ2) is 6.03. The van der Waals surface area contributed by atoms with Gasteiger partial charge in [0.25, 0.3) is 0 Å². The van der Waals surface area contributed by atoms with Crippen LogP contribution >= 0.6 is 31.9 Å². The van der Waals surface area contributed by atoms with Crippen molar-refractivity contribution in [1.29, 1.82) is 0 Å². The Morgan fingerprint density at radius 2 is 1.95 bits per heavy atom. The highest BCUT2D eigenvalue weighted by Gasteiger charge is 2.15. The fraction of sp³-hybridized carbons (Fsp3) is 0.143. The molecule has 1 N–H and O–H groups in total. The molecule has 0 heterocycles. The highest BCUT2D eigenvalue weighted by Crippen LogP contribution is 2.36. The van der Waals surface area contributed by atoms with Gasteiger partial charge >= 0.3 is 0 Å². The molecule has 0 fully saturated rings. The lowest BCUT2D eigenvalue weighted by atomic mass is 10.1. The third kappa shape index (κ3) is 3.35. The first kappa shape index (κ1) is 14.5. The summed E-state index contributed by atoms with van der Waals surface area (Å²) in [5.41, 5.74) is 0.412. The van der Waals surface area contributed by atoms with Gasteiger partial charge in [-0.2, -0.15) is 0 Å². The molecule has 0 aliphatic carbocycles. The smallest absolute Gasteiger partial charge is 0.168 e. The Morgan fingerprint density at radius 3 is 2.58 bits per heavy atom. The first-order chi connectivity index (χ1) is 8.99. The van der Waals surface area contributed by atoms with Crippen molar-refractivity contribution in [3.8, 4) is 11.5 Å². The lowest BCUT2D eigenvalue weighted by Crippen LogP contribution is -1.99. The molecule has 100 valence electrons. The van der Waals surface area contributed by atoms with Crippen LogP contribution in [0, 0.1) is 5.82 Å². The predicted octanol–water partition coefficient (Wildman–Crippen LogP) is 5.20. The molecule has 0 radical (unpaired) electrons. The number of rotatable bonds is 3. The van der Waals surface area contributed by atoms with E-state index in [1.807, 2.05) is 0 Å². The van der Waals surface area contributed by atoms with E-state index in [-0.39, 0.29) is 5.75 Å². The van der Waals surface area contributed by atoms with Crippen molar-refractivity contribution in [2.75, 3.05) is 0 Å². The van der Waals surface area contributed by atoms with E-state index in [0.29, 0.717) is 15.8 Å². The largest absolute Gasteiger partial charge is 0.453 e. The average molecular weight is 390 g/mol. The van der Waals surface area contributed by atoms with Gasteiger partial charge in [0.05, 0.1) is 10.6 Å². The summed E-state index contributed by atoms with van der Waals surface area (Å²) in [5, 5.41) is 9.65. The molecule has 0 aromatic heterocycles. The second-order valence-corrected chi connectivity index (χ2v) is 5.78. The van der Waals surface area contributed by atoms with Crippen LogP contribution in [-0.4, -0.2) is 5.11 Å². The Kier molecular flexibility index (Phi) is 4.60. The van der Waals surface area contributed by atoms with Crippen molar-refractivity contribution in [1.82, 2.24) is 0 Å². The Morgan fingerprint density at radius 1 is 1.21 bits per heavy atom. The minimum Gasteiger partial charge on any atom is -0.453 e. The van der Waals surface area contributed by atoms with Gasteiger partial charge in [0.1, 0.15) is 5.75 Å². The van der Waals surface area contributed by atoms with Crippen LogP contribution in [0.2, 0.25) is 0 Å². The summed E-state index contributed by atoms with van der Waals surface area (Å²) in [7, 11) is 0. The molecule has 0 amide bonds. The molecule has 19 heavy (non-hydrogen) atoms. The Balaban J connectivity index is 2.43. The van der Waals surface area contributed by atoms with Gasteiger partial charge in [-0.05, 0) is 47.1 Å². The summed E-state index contributed by atoms with van der Waals surface area (Å²) >= 11 is 6.69. The van der Waals surface area contributed by atoms with Crippen molar-refractivity contribution < 1.29 is 14.2 Å². The van der Waals surface area contributed by atoms with Crippen molar-refractivity contribution >= 4 is 31.9 Å². The van der Waals surface area contributed by atoms with Crippen LogP contribution in [0.4, 0.5) is 4.39 Å². The van der Waals surface area contributed by atoms with Crippen LogP contribution in [0.3, 0.4) is 0 Å². The molecule has 0 saturated carbocycles. The first-order valence-electron chi connectivity index (χ1n) is 5.58. The van der Waals surface area contributed by atoms with Crippen molar-refractivity contribution in [3.63, 3.8) is 0 Å². The molecule has 0 aliphatic rings. The zero-order chi connectivity index (χ0) is 14.0. The Hall–Kier alpha value is -0.910. The number of benzene rings is 2.